The summed E-state index contributed by atoms with van der Waals surface area (Å²) in [5, 5.41) is 14.0. The normalized spacial score (nSPS) is 13.6. The Hall–Kier alpha value is -2.12. The lowest BCUT2D eigenvalue weighted by Crippen LogP contribution is -2.23. The highest BCUT2D eigenvalue weighted by Gasteiger charge is 2.25. The molecule has 0 unspecified atom stereocenters. The first-order chi connectivity index (χ1) is 12.0. The molecule has 0 saturated heterocycles. The highest BCUT2D eigenvalue weighted by atomic mass is 79.9. The Labute approximate surface area is 155 Å². The van der Waals surface area contributed by atoms with Crippen molar-refractivity contribution in [1.82, 2.24) is 4.98 Å². The first kappa shape index (κ1) is 16.4. The smallest absolute Gasteiger partial charge is 0.265 e. The molecule has 2 aromatic heterocycles. The van der Waals surface area contributed by atoms with E-state index >= 15 is 0 Å². The van der Waals surface area contributed by atoms with E-state index in [9.17, 15) is 14.7 Å². The summed E-state index contributed by atoms with van der Waals surface area (Å²) in [6, 6.07) is 7.07. The molecule has 0 saturated carbocycles. The first-order valence-electron chi connectivity index (χ1n) is 8.01. The maximum atomic E-state index is 12.6. The third kappa shape index (κ3) is 2.87. The van der Waals surface area contributed by atoms with Gasteiger partial charge in [-0.15, -0.1) is 11.3 Å². The van der Waals surface area contributed by atoms with Crippen LogP contribution in [0.5, 0.6) is 5.75 Å². The minimum atomic E-state index is -0.616. The number of rotatable bonds is 2. The standard InChI is InChI=1S/C18H15BrN2O3S/c19-9-4-3-5-10(8-9)20-16(23)14-15(22)13-11-6-1-2-7-12(11)25-18(13)21-17(14)24/h3-5,8H,1-2,6-7H2,(H,20,23)(H2,21,22,24). The lowest BCUT2D eigenvalue weighted by Gasteiger charge is -2.12. The molecule has 0 atom stereocenters. The summed E-state index contributed by atoms with van der Waals surface area (Å²) in [4.78, 5) is 29.6. The number of H-pyrrole nitrogens is 1. The Morgan fingerprint density at radius 2 is 2.08 bits per heavy atom. The molecule has 1 aromatic carbocycles. The number of carbonyl (C=O) groups excluding carboxylic acids is 1. The number of aromatic nitrogens is 1. The van der Waals surface area contributed by atoms with Gasteiger partial charge < -0.3 is 15.4 Å². The number of nitrogens with one attached hydrogen (secondary N) is 2. The first-order valence-corrected chi connectivity index (χ1v) is 9.62. The highest BCUT2D eigenvalue weighted by Crippen LogP contribution is 2.40. The average molecular weight is 419 g/mol. The Morgan fingerprint density at radius 3 is 2.88 bits per heavy atom. The predicted molar refractivity (Wildman–Crippen MR) is 103 cm³/mol. The minimum absolute atomic E-state index is 0.217. The van der Waals surface area contributed by atoms with Crippen molar-refractivity contribution in [2.24, 2.45) is 0 Å². The molecular weight excluding hydrogens is 404 g/mol. The van der Waals surface area contributed by atoms with E-state index in [0.717, 1.165) is 35.7 Å². The van der Waals surface area contributed by atoms with Crippen LogP contribution in [0.2, 0.25) is 0 Å². The van der Waals surface area contributed by atoms with Crippen LogP contribution in [0.15, 0.2) is 33.5 Å². The molecule has 0 fully saturated rings. The van der Waals surface area contributed by atoms with E-state index in [4.69, 9.17) is 0 Å². The number of hydrogen-bond acceptors (Lipinski definition) is 4. The second kappa shape index (κ2) is 6.31. The largest absolute Gasteiger partial charge is 0.506 e. The van der Waals surface area contributed by atoms with Crippen molar-refractivity contribution < 1.29 is 9.90 Å². The summed E-state index contributed by atoms with van der Waals surface area (Å²) >= 11 is 4.84. The molecule has 3 N–H and O–H groups in total. The maximum Gasteiger partial charge on any atom is 0.265 e. The lowest BCUT2D eigenvalue weighted by molar-refractivity contribution is 0.102. The molecular formula is C18H15BrN2O3S. The van der Waals surface area contributed by atoms with Crippen molar-refractivity contribution >= 4 is 49.1 Å². The van der Waals surface area contributed by atoms with E-state index in [1.165, 1.54) is 16.2 Å². The molecule has 25 heavy (non-hydrogen) atoms. The van der Waals surface area contributed by atoms with Crippen molar-refractivity contribution in [3.63, 3.8) is 0 Å². The number of aromatic amines is 1. The van der Waals surface area contributed by atoms with Gasteiger partial charge in [0.1, 0.15) is 16.1 Å². The van der Waals surface area contributed by atoms with E-state index in [-0.39, 0.29) is 11.3 Å². The van der Waals surface area contributed by atoms with Crippen molar-refractivity contribution in [2.75, 3.05) is 5.32 Å². The van der Waals surface area contributed by atoms with Crippen LogP contribution in [-0.2, 0) is 12.8 Å². The zero-order valence-corrected chi connectivity index (χ0v) is 15.6. The Balaban J connectivity index is 1.81. The number of halogens is 1. The lowest BCUT2D eigenvalue weighted by atomic mass is 9.96. The predicted octanol–water partition coefficient (Wildman–Crippen LogP) is 4.19. The van der Waals surface area contributed by atoms with Gasteiger partial charge in [-0.3, -0.25) is 9.59 Å². The molecule has 7 heteroatoms. The summed E-state index contributed by atoms with van der Waals surface area (Å²) < 4.78 is 0.811. The van der Waals surface area contributed by atoms with Gasteiger partial charge >= 0.3 is 0 Å². The van der Waals surface area contributed by atoms with Crippen molar-refractivity contribution in [3.05, 3.63) is 55.1 Å². The fourth-order valence-electron chi connectivity index (χ4n) is 3.27. The van der Waals surface area contributed by atoms with E-state index in [1.54, 1.807) is 18.2 Å². The molecule has 128 valence electrons. The number of anilines is 1. The van der Waals surface area contributed by atoms with Crippen LogP contribution >= 0.6 is 27.3 Å². The highest BCUT2D eigenvalue weighted by molar-refractivity contribution is 9.10. The second-order valence-electron chi connectivity index (χ2n) is 6.06. The van der Waals surface area contributed by atoms with Gasteiger partial charge in [0.05, 0.1) is 5.39 Å². The van der Waals surface area contributed by atoms with Crippen LogP contribution in [0, 0.1) is 0 Å². The van der Waals surface area contributed by atoms with Crippen molar-refractivity contribution in [1.29, 1.82) is 0 Å². The molecule has 0 radical (unpaired) electrons. The summed E-state index contributed by atoms with van der Waals surface area (Å²) in [5.74, 6) is -0.833. The molecule has 3 aromatic rings. The Morgan fingerprint density at radius 1 is 1.28 bits per heavy atom. The molecule has 5 nitrogen and oxygen atoms in total. The fourth-order valence-corrected chi connectivity index (χ4v) is 4.96. The molecule has 1 amide bonds. The summed E-state index contributed by atoms with van der Waals surface area (Å²) in [6.45, 7) is 0. The Kier molecular flexibility index (Phi) is 4.13. The Bertz CT molecular complexity index is 1050. The van der Waals surface area contributed by atoms with Gasteiger partial charge in [-0.1, -0.05) is 22.0 Å². The minimum Gasteiger partial charge on any atom is -0.506 e. The van der Waals surface area contributed by atoms with Gasteiger partial charge in [-0.2, -0.15) is 0 Å². The summed E-state index contributed by atoms with van der Waals surface area (Å²) in [6.07, 6.45) is 3.98. The number of pyridine rings is 1. The van der Waals surface area contributed by atoms with Crippen LogP contribution in [-0.4, -0.2) is 16.0 Å². The number of benzene rings is 1. The summed E-state index contributed by atoms with van der Waals surface area (Å²) in [7, 11) is 0. The molecule has 0 bridgehead atoms. The van der Waals surface area contributed by atoms with Crippen LogP contribution in [0.1, 0.15) is 33.6 Å². The third-order valence-electron chi connectivity index (χ3n) is 4.41. The number of aromatic hydroxyl groups is 1. The molecule has 1 aliphatic rings. The number of fused-ring (bicyclic) bond motifs is 3. The van der Waals surface area contributed by atoms with Gasteiger partial charge in [0.15, 0.2) is 0 Å². The second-order valence-corrected chi connectivity index (χ2v) is 8.08. The van der Waals surface area contributed by atoms with E-state index in [2.05, 4.69) is 26.2 Å². The number of hydrogen-bond donors (Lipinski definition) is 3. The molecule has 2 heterocycles. The van der Waals surface area contributed by atoms with Crippen LogP contribution < -0.4 is 10.9 Å². The molecule has 4 rings (SSSR count). The number of thiophene rings is 1. The summed E-state index contributed by atoms with van der Waals surface area (Å²) in [5.41, 5.74) is 0.803. The molecule has 0 spiro atoms. The molecule has 1 aliphatic carbocycles. The van der Waals surface area contributed by atoms with Crippen LogP contribution in [0.25, 0.3) is 10.2 Å². The maximum absolute atomic E-state index is 12.6. The van der Waals surface area contributed by atoms with Gasteiger partial charge in [0.25, 0.3) is 11.5 Å². The van der Waals surface area contributed by atoms with Gasteiger partial charge in [0.2, 0.25) is 0 Å². The van der Waals surface area contributed by atoms with E-state index < -0.39 is 11.5 Å². The number of aryl methyl sites for hydroxylation is 2. The monoisotopic (exact) mass is 418 g/mol. The average Bonchev–Trinajstić information content (AvgIpc) is 2.92. The SMILES string of the molecule is O=C(Nc1cccc(Br)c1)c1c(O)c2c3c(sc2[nH]c1=O)CCCC3. The van der Waals surface area contributed by atoms with E-state index in [0.29, 0.717) is 15.9 Å². The third-order valence-corrected chi connectivity index (χ3v) is 6.11. The van der Waals surface area contributed by atoms with Gasteiger partial charge in [-0.05, 0) is 49.4 Å². The zero-order valence-electron chi connectivity index (χ0n) is 13.2. The fraction of sp³-hybridized carbons (Fsp3) is 0.222. The zero-order chi connectivity index (χ0) is 17.6. The number of carbonyl (C=O) groups is 1. The number of amides is 1. The van der Waals surface area contributed by atoms with Crippen LogP contribution in [0.3, 0.4) is 0 Å². The molecule has 0 aliphatic heterocycles. The van der Waals surface area contributed by atoms with E-state index in [1.807, 2.05) is 6.07 Å². The quantitative estimate of drug-likeness (QED) is 0.583. The van der Waals surface area contributed by atoms with Crippen molar-refractivity contribution in [2.45, 2.75) is 25.7 Å². The van der Waals surface area contributed by atoms with Crippen molar-refractivity contribution in [3.8, 4) is 5.75 Å². The van der Waals surface area contributed by atoms with Gasteiger partial charge in [-0.25, -0.2) is 0 Å². The topological polar surface area (TPSA) is 82.2 Å². The van der Waals surface area contributed by atoms with Gasteiger partial charge in [0, 0.05) is 15.0 Å². The van der Waals surface area contributed by atoms with Crippen LogP contribution in [0.4, 0.5) is 5.69 Å².